The summed E-state index contributed by atoms with van der Waals surface area (Å²) in [4.78, 5) is 22.0. The van der Waals surface area contributed by atoms with Crippen LogP contribution in [0.3, 0.4) is 0 Å². The minimum atomic E-state index is -0.472. The number of hydrogen-bond donors (Lipinski definition) is 3. The van der Waals surface area contributed by atoms with E-state index in [1.807, 2.05) is 0 Å². The Bertz CT molecular complexity index is 514. The number of nitrogens with zero attached hydrogens (tertiary/aromatic N) is 1. The Labute approximate surface area is 116 Å². The fraction of sp³-hybridized carbons (Fsp3) is 0.462. The topological polar surface area (TPSA) is 104 Å². The minimum Gasteiger partial charge on any atom is -0.396 e. The van der Waals surface area contributed by atoms with Crippen LogP contribution in [0.4, 0.5) is 10.5 Å². The molecule has 3 N–H and O–H groups in total. The first kappa shape index (κ1) is 14.3. The van der Waals surface area contributed by atoms with Crippen LogP contribution in [-0.4, -0.2) is 29.2 Å². The van der Waals surface area contributed by atoms with Gasteiger partial charge in [0, 0.05) is 23.6 Å². The van der Waals surface area contributed by atoms with E-state index in [1.165, 1.54) is 6.07 Å². The molecule has 20 heavy (non-hydrogen) atoms. The van der Waals surface area contributed by atoms with Crippen molar-refractivity contribution in [3.05, 3.63) is 39.9 Å². The predicted octanol–water partition coefficient (Wildman–Crippen LogP) is 1.17. The molecular weight excluding hydrogens is 262 g/mol. The van der Waals surface area contributed by atoms with E-state index in [1.54, 1.807) is 18.2 Å². The number of benzene rings is 1. The van der Waals surface area contributed by atoms with Crippen molar-refractivity contribution < 1.29 is 14.8 Å². The molecule has 0 aliphatic heterocycles. The van der Waals surface area contributed by atoms with Crippen LogP contribution in [0.15, 0.2) is 24.3 Å². The number of nitrogens with one attached hydrogen (secondary N) is 2. The number of para-hydroxylation sites is 1. The van der Waals surface area contributed by atoms with E-state index in [0.717, 1.165) is 12.8 Å². The molecule has 0 saturated heterocycles. The molecule has 7 nitrogen and oxygen atoms in total. The van der Waals surface area contributed by atoms with Crippen LogP contribution in [0, 0.1) is 15.5 Å². The van der Waals surface area contributed by atoms with Gasteiger partial charge in [-0.3, -0.25) is 10.1 Å². The number of hydrogen-bond acceptors (Lipinski definition) is 4. The highest BCUT2D eigenvalue weighted by Gasteiger charge is 2.42. The van der Waals surface area contributed by atoms with Gasteiger partial charge in [0.05, 0.1) is 18.1 Å². The highest BCUT2D eigenvalue weighted by molar-refractivity contribution is 5.74. The molecule has 0 atom stereocenters. The molecule has 0 heterocycles. The maximum absolute atomic E-state index is 11.6. The van der Waals surface area contributed by atoms with Crippen molar-refractivity contribution in [2.45, 2.75) is 19.4 Å². The maximum atomic E-state index is 11.6. The highest BCUT2D eigenvalue weighted by Crippen LogP contribution is 2.44. The van der Waals surface area contributed by atoms with Gasteiger partial charge in [-0.1, -0.05) is 18.2 Å². The molecule has 0 spiro atoms. The first-order valence-corrected chi connectivity index (χ1v) is 6.41. The van der Waals surface area contributed by atoms with Gasteiger partial charge in [-0.2, -0.15) is 0 Å². The molecular formula is C13H17N3O4. The van der Waals surface area contributed by atoms with Crippen molar-refractivity contribution in [3.8, 4) is 0 Å². The normalized spacial score (nSPS) is 15.4. The van der Waals surface area contributed by atoms with Gasteiger partial charge in [0.1, 0.15) is 0 Å². The first-order chi connectivity index (χ1) is 9.56. The molecule has 2 amide bonds. The number of nitro groups is 1. The number of nitro benzene ring substituents is 1. The lowest BCUT2D eigenvalue weighted by Crippen LogP contribution is -2.39. The molecule has 0 radical (unpaired) electrons. The molecule has 1 aromatic carbocycles. The minimum absolute atomic E-state index is 0.0122. The Balaban J connectivity index is 1.83. The number of aliphatic hydroxyl groups excluding tert-OH is 1. The average Bonchev–Trinajstić information content (AvgIpc) is 3.24. The average molecular weight is 279 g/mol. The van der Waals surface area contributed by atoms with Gasteiger partial charge in [0.15, 0.2) is 0 Å². The molecule has 1 saturated carbocycles. The van der Waals surface area contributed by atoms with Gasteiger partial charge < -0.3 is 15.7 Å². The zero-order chi connectivity index (χ0) is 14.6. The number of urea groups is 1. The van der Waals surface area contributed by atoms with E-state index >= 15 is 0 Å². The van der Waals surface area contributed by atoms with Gasteiger partial charge in [-0.15, -0.1) is 0 Å². The van der Waals surface area contributed by atoms with Crippen molar-refractivity contribution in [1.29, 1.82) is 0 Å². The molecule has 0 aromatic heterocycles. The zero-order valence-corrected chi connectivity index (χ0v) is 11.0. The summed E-state index contributed by atoms with van der Waals surface area (Å²) in [5.74, 6) is 0. The molecule has 2 rings (SSSR count). The molecule has 1 aromatic rings. The summed E-state index contributed by atoms with van der Waals surface area (Å²) in [7, 11) is 0. The van der Waals surface area contributed by atoms with Crippen molar-refractivity contribution in [2.24, 2.45) is 5.41 Å². The number of rotatable bonds is 6. The Morgan fingerprint density at radius 1 is 1.35 bits per heavy atom. The Hall–Kier alpha value is -2.15. The van der Waals surface area contributed by atoms with E-state index in [9.17, 15) is 14.9 Å². The Morgan fingerprint density at radius 3 is 2.65 bits per heavy atom. The Morgan fingerprint density at radius 2 is 2.05 bits per heavy atom. The lowest BCUT2D eigenvalue weighted by atomic mass is 10.1. The van der Waals surface area contributed by atoms with E-state index in [2.05, 4.69) is 10.6 Å². The van der Waals surface area contributed by atoms with Crippen molar-refractivity contribution in [1.82, 2.24) is 10.6 Å². The summed E-state index contributed by atoms with van der Waals surface area (Å²) in [5.41, 5.74) is 0.286. The SMILES string of the molecule is O=C(NCc1ccccc1[N+](=O)[O-])NCC1(CO)CC1. The lowest BCUT2D eigenvalue weighted by molar-refractivity contribution is -0.385. The van der Waals surface area contributed by atoms with E-state index in [-0.39, 0.29) is 30.3 Å². The molecule has 1 fully saturated rings. The van der Waals surface area contributed by atoms with Gasteiger partial charge >= 0.3 is 6.03 Å². The quantitative estimate of drug-likeness (QED) is 0.537. The van der Waals surface area contributed by atoms with Crippen LogP contribution in [0.25, 0.3) is 0 Å². The monoisotopic (exact) mass is 279 g/mol. The molecule has 0 bridgehead atoms. The molecule has 0 unspecified atom stereocenters. The largest absolute Gasteiger partial charge is 0.396 e. The molecule has 1 aliphatic carbocycles. The van der Waals surface area contributed by atoms with Crippen LogP contribution in [0.2, 0.25) is 0 Å². The van der Waals surface area contributed by atoms with Crippen LogP contribution in [-0.2, 0) is 6.54 Å². The first-order valence-electron chi connectivity index (χ1n) is 6.41. The van der Waals surface area contributed by atoms with Gasteiger partial charge in [0.25, 0.3) is 5.69 Å². The van der Waals surface area contributed by atoms with E-state index in [0.29, 0.717) is 12.1 Å². The van der Waals surface area contributed by atoms with Crippen molar-refractivity contribution in [3.63, 3.8) is 0 Å². The van der Waals surface area contributed by atoms with Gasteiger partial charge in [-0.05, 0) is 12.8 Å². The summed E-state index contributed by atoms with van der Waals surface area (Å²) in [6.45, 7) is 0.582. The molecule has 7 heteroatoms. The smallest absolute Gasteiger partial charge is 0.315 e. The van der Waals surface area contributed by atoms with Gasteiger partial charge in [0.2, 0.25) is 0 Å². The molecule has 1 aliphatic rings. The van der Waals surface area contributed by atoms with Crippen LogP contribution in [0.5, 0.6) is 0 Å². The summed E-state index contributed by atoms with van der Waals surface area (Å²) in [6.07, 6.45) is 1.82. The summed E-state index contributed by atoms with van der Waals surface area (Å²) in [6, 6.07) is 5.89. The van der Waals surface area contributed by atoms with Crippen molar-refractivity contribution in [2.75, 3.05) is 13.2 Å². The lowest BCUT2D eigenvalue weighted by Gasteiger charge is -2.13. The Kier molecular flexibility index (Phi) is 4.19. The van der Waals surface area contributed by atoms with Crippen LogP contribution in [0.1, 0.15) is 18.4 Å². The molecule has 108 valence electrons. The second kappa shape index (κ2) is 5.87. The number of carbonyl (C=O) groups excluding carboxylic acids is 1. The summed E-state index contributed by atoms with van der Waals surface area (Å²) in [5, 5.41) is 25.2. The third-order valence-corrected chi connectivity index (χ3v) is 3.54. The van der Waals surface area contributed by atoms with Crippen LogP contribution >= 0.6 is 0 Å². The van der Waals surface area contributed by atoms with E-state index in [4.69, 9.17) is 5.11 Å². The number of carbonyl (C=O) groups is 1. The third kappa shape index (κ3) is 3.45. The summed E-state index contributed by atoms with van der Waals surface area (Å²) >= 11 is 0. The third-order valence-electron chi connectivity index (χ3n) is 3.54. The predicted molar refractivity (Wildman–Crippen MR) is 72.1 cm³/mol. The fourth-order valence-electron chi connectivity index (χ4n) is 1.91. The zero-order valence-electron chi connectivity index (χ0n) is 11.0. The van der Waals surface area contributed by atoms with Crippen LogP contribution < -0.4 is 10.6 Å². The summed E-state index contributed by atoms with van der Waals surface area (Å²) < 4.78 is 0. The van der Waals surface area contributed by atoms with Crippen molar-refractivity contribution >= 4 is 11.7 Å². The highest BCUT2D eigenvalue weighted by atomic mass is 16.6. The van der Waals surface area contributed by atoms with Gasteiger partial charge in [-0.25, -0.2) is 4.79 Å². The fourth-order valence-corrected chi connectivity index (χ4v) is 1.91. The second-order valence-electron chi connectivity index (χ2n) is 5.08. The second-order valence-corrected chi connectivity index (χ2v) is 5.08. The standard InChI is InChI=1S/C13H17N3O4/c17-9-13(5-6-13)8-15-12(18)14-7-10-3-1-2-4-11(10)16(19)20/h1-4,17H,5-9H2,(H2,14,15,18). The number of amides is 2. The number of aliphatic hydroxyl groups is 1. The maximum Gasteiger partial charge on any atom is 0.315 e. The van der Waals surface area contributed by atoms with E-state index < -0.39 is 4.92 Å².